The molecule has 2 fully saturated rings. The number of carbonyl (C=O) groups excluding carboxylic acids is 1. The van der Waals surface area contributed by atoms with Gasteiger partial charge in [-0.1, -0.05) is 55.1 Å². The van der Waals surface area contributed by atoms with Crippen LogP contribution in [-0.4, -0.2) is 25.2 Å². The SMILES string of the molecule is O=C(NC1CCOCC1)[C@@H](C1CCCCC1)C1(c2ccc(Cl)cc2)Nc2ccccc2N1. The monoisotopic (exact) mass is 453 g/mol. The third-order valence-corrected chi connectivity index (χ3v) is 7.58. The zero-order valence-corrected chi connectivity index (χ0v) is 19.2. The molecule has 2 heterocycles. The summed E-state index contributed by atoms with van der Waals surface area (Å²) in [6.45, 7) is 1.42. The Morgan fingerprint density at radius 2 is 1.56 bits per heavy atom. The van der Waals surface area contributed by atoms with Crippen LogP contribution < -0.4 is 16.0 Å². The molecule has 2 aromatic carbocycles. The normalized spacial score (nSPS) is 21.8. The summed E-state index contributed by atoms with van der Waals surface area (Å²) in [4.78, 5) is 14.0. The second-order valence-corrected chi connectivity index (χ2v) is 9.82. The number of benzene rings is 2. The molecule has 1 atom stereocenters. The molecule has 5 rings (SSSR count). The first-order valence-corrected chi connectivity index (χ1v) is 12.3. The van der Waals surface area contributed by atoms with Crippen molar-refractivity contribution in [3.05, 3.63) is 59.1 Å². The van der Waals surface area contributed by atoms with Crippen molar-refractivity contribution in [1.29, 1.82) is 0 Å². The summed E-state index contributed by atoms with van der Waals surface area (Å²) in [5.41, 5.74) is 2.38. The summed E-state index contributed by atoms with van der Waals surface area (Å²) in [5, 5.41) is 11.6. The molecule has 2 aromatic rings. The van der Waals surface area contributed by atoms with E-state index in [2.05, 4.69) is 28.1 Å². The highest BCUT2D eigenvalue weighted by atomic mass is 35.5. The predicted molar refractivity (Wildman–Crippen MR) is 129 cm³/mol. The molecule has 6 heteroatoms. The summed E-state index contributed by atoms with van der Waals surface area (Å²) in [5.74, 6) is 0.180. The van der Waals surface area contributed by atoms with Crippen LogP contribution >= 0.6 is 11.6 Å². The fourth-order valence-corrected chi connectivity index (χ4v) is 5.84. The van der Waals surface area contributed by atoms with Gasteiger partial charge in [0, 0.05) is 24.3 Å². The molecule has 32 heavy (non-hydrogen) atoms. The second-order valence-electron chi connectivity index (χ2n) is 9.38. The number of hydrogen-bond donors (Lipinski definition) is 3. The second kappa shape index (κ2) is 9.32. The molecule has 5 nitrogen and oxygen atoms in total. The lowest BCUT2D eigenvalue weighted by Gasteiger charge is -2.44. The number of hydrogen-bond acceptors (Lipinski definition) is 4. The quantitative estimate of drug-likeness (QED) is 0.557. The van der Waals surface area contributed by atoms with E-state index in [-0.39, 0.29) is 17.9 Å². The molecular formula is C26H32ClN3O2. The van der Waals surface area contributed by atoms with Crippen molar-refractivity contribution in [3.63, 3.8) is 0 Å². The predicted octanol–water partition coefficient (Wildman–Crippen LogP) is 5.52. The van der Waals surface area contributed by atoms with Gasteiger partial charge in [0.05, 0.1) is 17.3 Å². The van der Waals surface area contributed by atoms with Gasteiger partial charge in [0.1, 0.15) is 5.66 Å². The van der Waals surface area contributed by atoms with Crippen LogP contribution in [0.4, 0.5) is 11.4 Å². The number of halogens is 1. The standard InChI is InChI=1S/C26H32ClN3O2/c27-20-12-10-19(11-13-20)26(29-22-8-4-5-9-23(22)30-26)24(18-6-2-1-3-7-18)25(31)28-21-14-16-32-17-15-21/h4-5,8-13,18,21,24,29-30H,1-3,6-7,14-17H2,(H,28,31)/t24-/m1/s1. The molecule has 1 saturated carbocycles. The van der Waals surface area contributed by atoms with Crippen molar-refractivity contribution >= 4 is 28.9 Å². The molecule has 170 valence electrons. The molecule has 1 amide bonds. The van der Waals surface area contributed by atoms with Gasteiger partial charge >= 0.3 is 0 Å². The van der Waals surface area contributed by atoms with E-state index in [0.29, 0.717) is 24.2 Å². The summed E-state index contributed by atoms with van der Waals surface area (Å²) in [7, 11) is 0. The van der Waals surface area contributed by atoms with Crippen LogP contribution in [0.3, 0.4) is 0 Å². The van der Waals surface area contributed by atoms with E-state index in [1.54, 1.807) is 0 Å². The van der Waals surface area contributed by atoms with Crippen LogP contribution in [0.15, 0.2) is 48.5 Å². The fraction of sp³-hybridized carbons (Fsp3) is 0.500. The molecule has 0 spiro atoms. The summed E-state index contributed by atoms with van der Waals surface area (Å²) in [6.07, 6.45) is 7.49. The van der Waals surface area contributed by atoms with Crippen molar-refractivity contribution in [2.24, 2.45) is 11.8 Å². The van der Waals surface area contributed by atoms with Crippen LogP contribution in [0.2, 0.25) is 5.02 Å². The molecule has 0 unspecified atom stereocenters. The van der Waals surface area contributed by atoms with E-state index in [9.17, 15) is 4.79 Å². The summed E-state index contributed by atoms with van der Waals surface area (Å²) >= 11 is 6.24. The zero-order valence-electron chi connectivity index (χ0n) is 18.4. The Balaban J connectivity index is 1.55. The van der Waals surface area contributed by atoms with Crippen molar-refractivity contribution in [3.8, 4) is 0 Å². The van der Waals surface area contributed by atoms with Gasteiger partial charge in [-0.15, -0.1) is 0 Å². The number of amides is 1. The van der Waals surface area contributed by atoms with Gasteiger partial charge in [0.15, 0.2) is 0 Å². The average molecular weight is 454 g/mol. The highest BCUT2D eigenvalue weighted by Gasteiger charge is 2.52. The summed E-state index contributed by atoms with van der Waals surface area (Å²) < 4.78 is 5.51. The topological polar surface area (TPSA) is 62.4 Å². The number of rotatable bonds is 5. The van der Waals surface area contributed by atoms with Crippen molar-refractivity contribution in [2.75, 3.05) is 23.8 Å². The van der Waals surface area contributed by atoms with Crippen LogP contribution in [0.25, 0.3) is 0 Å². The lowest BCUT2D eigenvalue weighted by Crippen LogP contribution is -2.57. The zero-order chi connectivity index (χ0) is 22.0. The Labute approximate surface area is 195 Å². The minimum absolute atomic E-state index is 0.131. The van der Waals surface area contributed by atoms with Gasteiger partial charge in [0.25, 0.3) is 0 Å². The van der Waals surface area contributed by atoms with E-state index in [1.165, 1.54) is 19.3 Å². The molecular weight excluding hydrogens is 422 g/mol. The molecule has 0 radical (unpaired) electrons. The first-order valence-electron chi connectivity index (χ1n) is 12.0. The van der Waals surface area contributed by atoms with Crippen LogP contribution in [0, 0.1) is 11.8 Å². The first kappa shape index (κ1) is 21.6. The van der Waals surface area contributed by atoms with Crippen molar-refractivity contribution in [1.82, 2.24) is 5.32 Å². The molecule has 1 saturated heterocycles. The van der Waals surface area contributed by atoms with E-state index < -0.39 is 5.66 Å². The number of para-hydroxylation sites is 2. The third kappa shape index (κ3) is 4.20. The smallest absolute Gasteiger partial charge is 0.228 e. The van der Waals surface area contributed by atoms with E-state index >= 15 is 0 Å². The maximum Gasteiger partial charge on any atom is 0.228 e. The van der Waals surface area contributed by atoms with Gasteiger partial charge in [0.2, 0.25) is 5.91 Å². The van der Waals surface area contributed by atoms with Crippen LogP contribution in [-0.2, 0) is 15.2 Å². The Morgan fingerprint density at radius 3 is 2.19 bits per heavy atom. The van der Waals surface area contributed by atoms with E-state index in [1.807, 2.05) is 36.4 Å². The van der Waals surface area contributed by atoms with Crippen molar-refractivity contribution < 1.29 is 9.53 Å². The van der Waals surface area contributed by atoms with Crippen molar-refractivity contribution in [2.45, 2.75) is 56.7 Å². The minimum atomic E-state index is -0.717. The maximum absolute atomic E-state index is 14.0. The number of anilines is 2. The van der Waals surface area contributed by atoms with Gasteiger partial charge in [-0.05, 0) is 61.4 Å². The Morgan fingerprint density at radius 1 is 0.938 bits per heavy atom. The number of carbonyl (C=O) groups is 1. The van der Waals surface area contributed by atoms with E-state index in [0.717, 1.165) is 42.6 Å². The molecule has 1 aliphatic carbocycles. The highest BCUT2D eigenvalue weighted by molar-refractivity contribution is 6.30. The molecule has 0 bridgehead atoms. The summed E-state index contributed by atoms with van der Waals surface area (Å²) in [6, 6.07) is 16.3. The minimum Gasteiger partial charge on any atom is -0.381 e. The molecule has 3 N–H and O–H groups in total. The number of fused-ring (bicyclic) bond motifs is 1. The average Bonchev–Trinajstić information content (AvgIpc) is 3.21. The lowest BCUT2D eigenvalue weighted by atomic mass is 9.71. The molecule has 3 aliphatic rings. The molecule has 0 aromatic heterocycles. The van der Waals surface area contributed by atoms with Crippen LogP contribution in [0.5, 0.6) is 0 Å². The first-order chi connectivity index (χ1) is 15.7. The van der Waals surface area contributed by atoms with Gasteiger partial charge in [-0.25, -0.2) is 0 Å². The fourth-order valence-electron chi connectivity index (χ4n) is 5.71. The Hall–Kier alpha value is -2.24. The number of ether oxygens (including phenoxy) is 1. The highest BCUT2D eigenvalue weighted by Crippen LogP contribution is 2.49. The Bertz CT molecular complexity index is 911. The Kier molecular flexibility index (Phi) is 6.29. The van der Waals surface area contributed by atoms with Gasteiger partial charge < -0.3 is 20.7 Å². The maximum atomic E-state index is 14.0. The largest absolute Gasteiger partial charge is 0.381 e. The third-order valence-electron chi connectivity index (χ3n) is 7.33. The van der Waals surface area contributed by atoms with Crippen LogP contribution in [0.1, 0.15) is 50.5 Å². The lowest BCUT2D eigenvalue weighted by molar-refractivity contribution is -0.130. The van der Waals surface area contributed by atoms with E-state index in [4.69, 9.17) is 16.3 Å². The molecule has 2 aliphatic heterocycles. The van der Waals surface area contributed by atoms with Gasteiger partial charge in [-0.2, -0.15) is 0 Å². The number of nitrogens with one attached hydrogen (secondary N) is 3. The van der Waals surface area contributed by atoms with Gasteiger partial charge in [-0.3, -0.25) is 4.79 Å².